The molecule has 1 aromatic heterocycles. The molecule has 0 amide bonds. The summed E-state index contributed by atoms with van der Waals surface area (Å²) < 4.78 is 23.5. The van der Waals surface area contributed by atoms with Crippen LogP contribution in [-0.2, 0) is 12.1 Å². The quantitative estimate of drug-likeness (QED) is 0.886. The van der Waals surface area contributed by atoms with E-state index < -0.39 is 5.54 Å². The van der Waals surface area contributed by atoms with Gasteiger partial charge in [0.2, 0.25) is 11.7 Å². The van der Waals surface area contributed by atoms with Gasteiger partial charge in [0.05, 0.1) is 5.54 Å². The van der Waals surface area contributed by atoms with Crippen molar-refractivity contribution in [1.82, 2.24) is 10.1 Å². The van der Waals surface area contributed by atoms with E-state index in [1.807, 2.05) is 13.8 Å². The van der Waals surface area contributed by atoms with E-state index in [2.05, 4.69) is 10.1 Å². The van der Waals surface area contributed by atoms with Crippen molar-refractivity contribution < 1.29 is 13.7 Å². The number of nitrogens with two attached hydrogens (primary N) is 1. The van der Waals surface area contributed by atoms with Crippen molar-refractivity contribution in [3.63, 3.8) is 0 Å². The van der Waals surface area contributed by atoms with Crippen LogP contribution in [0.25, 0.3) is 0 Å². The summed E-state index contributed by atoms with van der Waals surface area (Å²) in [6.07, 6.45) is 1.67. The predicted molar refractivity (Wildman–Crippen MR) is 78.7 cm³/mol. The van der Waals surface area contributed by atoms with Crippen LogP contribution in [0.4, 0.5) is 4.39 Å². The first-order chi connectivity index (χ1) is 9.51. The van der Waals surface area contributed by atoms with Crippen molar-refractivity contribution in [1.29, 1.82) is 0 Å². The van der Waals surface area contributed by atoms with Gasteiger partial charge in [-0.1, -0.05) is 24.6 Å². The maximum Gasteiger partial charge on any atom is 0.246 e. The fourth-order valence-corrected chi connectivity index (χ4v) is 1.88. The number of hydrogen-bond donors (Lipinski definition) is 1. The Morgan fingerprint density at radius 2 is 2.19 bits per heavy atom. The van der Waals surface area contributed by atoms with Crippen LogP contribution in [0.1, 0.15) is 38.4 Å². The molecule has 21 heavy (non-hydrogen) atoms. The first-order valence-corrected chi connectivity index (χ1v) is 6.51. The second kappa shape index (κ2) is 7.38. The van der Waals surface area contributed by atoms with E-state index in [-0.39, 0.29) is 24.8 Å². The van der Waals surface area contributed by atoms with Crippen LogP contribution in [0.5, 0.6) is 5.75 Å². The van der Waals surface area contributed by atoms with Gasteiger partial charge in [-0.05, 0) is 25.5 Å². The Kier molecular flexibility index (Phi) is 6.11. The monoisotopic (exact) mass is 315 g/mol. The molecule has 0 radical (unpaired) electrons. The molecule has 0 saturated heterocycles. The molecule has 0 aliphatic rings. The lowest BCUT2D eigenvalue weighted by atomic mass is 9.98. The molecule has 1 unspecified atom stereocenters. The average molecular weight is 316 g/mol. The Morgan fingerprint density at radius 3 is 2.86 bits per heavy atom. The number of aromatic nitrogens is 2. The highest BCUT2D eigenvalue weighted by Gasteiger charge is 2.27. The van der Waals surface area contributed by atoms with Crippen molar-refractivity contribution in [2.75, 3.05) is 0 Å². The topological polar surface area (TPSA) is 74.2 Å². The number of benzene rings is 1. The Balaban J connectivity index is 0.00000220. The van der Waals surface area contributed by atoms with E-state index >= 15 is 0 Å². The molecule has 0 fully saturated rings. The highest BCUT2D eigenvalue weighted by molar-refractivity contribution is 5.85. The smallest absolute Gasteiger partial charge is 0.246 e. The number of ether oxygens (including phenoxy) is 1. The molecule has 5 nitrogen and oxygen atoms in total. The molecule has 116 valence electrons. The van der Waals surface area contributed by atoms with Crippen LogP contribution < -0.4 is 10.5 Å². The van der Waals surface area contributed by atoms with E-state index in [1.165, 1.54) is 12.1 Å². The summed E-state index contributed by atoms with van der Waals surface area (Å²) in [7, 11) is 0. The lowest BCUT2D eigenvalue weighted by Gasteiger charge is -2.18. The second-order valence-corrected chi connectivity index (χ2v) is 4.93. The van der Waals surface area contributed by atoms with Gasteiger partial charge in [0.15, 0.2) is 6.61 Å². The molecule has 1 heterocycles. The molecular formula is C14H19ClFN3O2. The molecule has 0 aliphatic heterocycles. The first kappa shape index (κ1) is 17.4. The average Bonchev–Trinajstić information content (AvgIpc) is 2.86. The molecule has 1 aromatic carbocycles. The molecule has 0 saturated carbocycles. The zero-order chi connectivity index (χ0) is 14.6. The highest BCUT2D eigenvalue weighted by Crippen LogP contribution is 2.21. The van der Waals surface area contributed by atoms with Crippen LogP contribution >= 0.6 is 12.4 Å². The molecule has 0 aliphatic carbocycles. The maximum absolute atomic E-state index is 13.0. The second-order valence-electron chi connectivity index (χ2n) is 4.93. The van der Waals surface area contributed by atoms with Crippen molar-refractivity contribution in [2.24, 2.45) is 5.73 Å². The van der Waals surface area contributed by atoms with Gasteiger partial charge in [-0.25, -0.2) is 4.39 Å². The van der Waals surface area contributed by atoms with Gasteiger partial charge in [-0.3, -0.25) is 0 Å². The van der Waals surface area contributed by atoms with Crippen LogP contribution in [0.2, 0.25) is 0 Å². The first-order valence-electron chi connectivity index (χ1n) is 6.51. The lowest BCUT2D eigenvalue weighted by molar-refractivity contribution is 0.268. The lowest BCUT2D eigenvalue weighted by Crippen LogP contribution is -2.33. The van der Waals surface area contributed by atoms with Crippen LogP contribution in [-0.4, -0.2) is 10.1 Å². The van der Waals surface area contributed by atoms with Crippen molar-refractivity contribution in [3.8, 4) is 5.75 Å². The minimum atomic E-state index is -0.640. The van der Waals surface area contributed by atoms with Gasteiger partial charge in [0, 0.05) is 6.07 Å². The Morgan fingerprint density at radius 1 is 1.43 bits per heavy atom. The maximum atomic E-state index is 13.0. The summed E-state index contributed by atoms with van der Waals surface area (Å²) in [4.78, 5) is 4.22. The number of hydrogen-bond acceptors (Lipinski definition) is 5. The van der Waals surface area contributed by atoms with Gasteiger partial charge >= 0.3 is 0 Å². The Labute approximate surface area is 129 Å². The van der Waals surface area contributed by atoms with E-state index in [0.717, 1.165) is 12.8 Å². The summed E-state index contributed by atoms with van der Waals surface area (Å²) in [5.41, 5.74) is 5.46. The molecule has 7 heteroatoms. The van der Waals surface area contributed by atoms with Gasteiger partial charge in [-0.2, -0.15) is 4.98 Å². The zero-order valence-corrected chi connectivity index (χ0v) is 12.8. The SMILES string of the molecule is CCCC(C)(N)c1nc(COc2cccc(F)c2)no1.Cl. The highest BCUT2D eigenvalue weighted by atomic mass is 35.5. The van der Waals surface area contributed by atoms with E-state index in [9.17, 15) is 4.39 Å². The standard InChI is InChI=1S/C14H18FN3O2.ClH/c1-3-7-14(2,16)13-17-12(18-20-13)9-19-11-6-4-5-10(15)8-11;/h4-6,8H,3,7,9,16H2,1-2H3;1H. The Hall–Kier alpha value is -1.66. The summed E-state index contributed by atoms with van der Waals surface area (Å²) in [5, 5.41) is 3.82. The van der Waals surface area contributed by atoms with Crippen LogP contribution in [0, 0.1) is 5.82 Å². The largest absolute Gasteiger partial charge is 0.485 e. The molecule has 0 bridgehead atoms. The third-order valence-corrected chi connectivity index (χ3v) is 2.89. The third-order valence-electron chi connectivity index (χ3n) is 2.89. The molecular weight excluding hydrogens is 297 g/mol. The molecule has 2 aromatic rings. The number of halogens is 2. The van der Waals surface area contributed by atoms with Crippen molar-refractivity contribution in [3.05, 3.63) is 41.8 Å². The fourth-order valence-electron chi connectivity index (χ4n) is 1.88. The van der Waals surface area contributed by atoms with Crippen LogP contribution in [0.3, 0.4) is 0 Å². The predicted octanol–water partition coefficient (Wildman–Crippen LogP) is 3.18. The van der Waals surface area contributed by atoms with Gasteiger partial charge in [0.1, 0.15) is 11.6 Å². The van der Waals surface area contributed by atoms with Gasteiger partial charge < -0.3 is 15.0 Å². The fraction of sp³-hybridized carbons (Fsp3) is 0.429. The Bertz CT molecular complexity index is 575. The summed E-state index contributed by atoms with van der Waals surface area (Å²) in [6.45, 7) is 3.99. The molecule has 2 N–H and O–H groups in total. The minimum absolute atomic E-state index is 0. The summed E-state index contributed by atoms with van der Waals surface area (Å²) in [5.74, 6) is 0.837. The molecule has 1 atom stereocenters. The van der Waals surface area contributed by atoms with Crippen molar-refractivity contribution >= 4 is 12.4 Å². The van der Waals surface area contributed by atoms with Crippen LogP contribution in [0.15, 0.2) is 28.8 Å². The third kappa shape index (κ3) is 4.68. The number of rotatable bonds is 6. The van der Waals surface area contributed by atoms with E-state index in [1.54, 1.807) is 12.1 Å². The zero-order valence-electron chi connectivity index (χ0n) is 12.0. The summed E-state index contributed by atoms with van der Waals surface area (Å²) in [6, 6.07) is 5.88. The molecule has 0 spiro atoms. The summed E-state index contributed by atoms with van der Waals surface area (Å²) >= 11 is 0. The number of nitrogens with zero attached hydrogens (tertiary/aromatic N) is 2. The van der Waals surface area contributed by atoms with E-state index in [4.69, 9.17) is 15.0 Å². The minimum Gasteiger partial charge on any atom is -0.485 e. The molecule has 2 rings (SSSR count). The van der Waals surface area contributed by atoms with Gasteiger partial charge in [-0.15, -0.1) is 12.4 Å². The van der Waals surface area contributed by atoms with E-state index in [0.29, 0.717) is 17.5 Å². The normalized spacial score (nSPS) is 13.3. The van der Waals surface area contributed by atoms with Gasteiger partial charge in [0.25, 0.3) is 0 Å². The van der Waals surface area contributed by atoms with Crippen molar-refractivity contribution in [2.45, 2.75) is 38.8 Å².